The highest BCUT2D eigenvalue weighted by Crippen LogP contribution is 2.28. The van der Waals surface area contributed by atoms with Crippen molar-refractivity contribution in [1.82, 2.24) is 10.0 Å². The lowest BCUT2D eigenvalue weighted by Gasteiger charge is -2.34. The van der Waals surface area contributed by atoms with E-state index in [-0.39, 0.29) is 28.6 Å². The lowest BCUT2D eigenvalue weighted by atomic mass is 10.0. The standard InChI is InChI=1S/C25H33N3O5S/c1-32-22-10-8-21(9-11-22)28-15-13-19(14-16-28)26-25(29)18-7-12-23(33-2)24(17-18)34(30,31)27-20-5-3-4-6-20/h7-12,17,19-20,27H,3-6,13-16H2,1-2H3,(H,26,29). The molecule has 1 aliphatic carbocycles. The summed E-state index contributed by atoms with van der Waals surface area (Å²) in [7, 11) is -0.709. The number of carbonyl (C=O) groups is 1. The minimum atomic E-state index is -3.79. The van der Waals surface area contributed by atoms with Gasteiger partial charge in [-0.15, -0.1) is 0 Å². The van der Waals surface area contributed by atoms with E-state index in [9.17, 15) is 13.2 Å². The van der Waals surface area contributed by atoms with Crippen LogP contribution in [0.3, 0.4) is 0 Å². The molecule has 184 valence electrons. The average Bonchev–Trinajstić information content (AvgIpc) is 3.36. The summed E-state index contributed by atoms with van der Waals surface area (Å²) in [6.07, 6.45) is 5.31. The minimum absolute atomic E-state index is 0.00359. The van der Waals surface area contributed by atoms with Crippen molar-refractivity contribution >= 4 is 21.6 Å². The van der Waals surface area contributed by atoms with E-state index < -0.39 is 10.0 Å². The molecule has 1 aliphatic heterocycles. The van der Waals surface area contributed by atoms with E-state index >= 15 is 0 Å². The minimum Gasteiger partial charge on any atom is -0.497 e. The first kappa shape index (κ1) is 24.3. The largest absolute Gasteiger partial charge is 0.497 e. The van der Waals surface area contributed by atoms with E-state index in [1.807, 2.05) is 24.3 Å². The number of hydrogen-bond acceptors (Lipinski definition) is 6. The van der Waals surface area contributed by atoms with E-state index in [0.717, 1.165) is 63.1 Å². The Morgan fingerprint density at radius 1 is 0.912 bits per heavy atom. The summed E-state index contributed by atoms with van der Waals surface area (Å²) in [4.78, 5) is 15.3. The van der Waals surface area contributed by atoms with E-state index in [2.05, 4.69) is 14.9 Å². The van der Waals surface area contributed by atoms with Crippen LogP contribution in [0.1, 0.15) is 48.9 Å². The molecule has 1 saturated heterocycles. The van der Waals surface area contributed by atoms with Gasteiger partial charge in [0, 0.05) is 36.4 Å². The van der Waals surface area contributed by atoms with Crippen molar-refractivity contribution in [2.45, 2.75) is 55.5 Å². The first-order valence-corrected chi connectivity index (χ1v) is 13.3. The van der Waals surface area contributed by atoms with Crippen LogP contribution in [0, 0.1) is 0 Å². The topological polar surface area (TPSA) is 97.0 Å². The number of nitrogens with zero attached hydrogens (tertiary/aromatic N) is 1. The summed E-state index contributed by atoms with van der Waals surface area (Å²) in [6.45, 7) is 1.65. The Labute approximate surface area is 201 Å². The van der Waals surface area contributed by atoms with Crippen LogP contribution in [0.2, 0.25) is 0 Å². The van der Waals surface area contributed by atoms with E-state index in [0.29, 0.717) is 5.56 Å². The molecule has 34 heavy (non-hydrogen) atoms. The molecule has 0 atom stereocenters. The van der Waals surface area contributed by atoms with Crippen LogP contribution in [0.5, 0.6) is 11.5 Å². The molecule has 0 unspecified atom stereocenters. The number of carbonyl (C=O) groups excluding carboxylic acids is 1. The lowest BCUT2D eigenvalue weighted by Crippen LogP contribution is -2.44. The first-order valence-electron chi connectivity index (χ1n) is 11.8. The summed E-state index contributed by atoms with van der Waals surface area (Å²) in [5, 5.41) is 3.07. The Kier molecular flexibility index (Phi) is 7.63. The fraction of sp³-hybridized carbons (Fsp3) is 0.480. The van der Waals surface area contributed by atoms with E-state index in [4.69, 9.17) is 9.47 Å². The quantitative estimate of drug-likeness (QED) is 0.593. The molecule has 2 fully saturated rings. The van der Waals surface area contributed by atoms with Crippen molar-refractivity contribution in [3.05, 3.63) is 48.0 Å². The SMILES string of the molecule is COc1ccc(N2CCC(NC(=O)c3ccc(OC)c(S(=O)(=O)NC4CCCC4)c3)CC2)cc1. The number of ether oxygens (including phenoxy) is 2. The van der Waals surface area contributed by atoms with Crippen LogP contribution in [-0.4, -0.2) is 53.7 Å². The Morgan fingerprint density at radius 2 is 1.59 bits per heavy atom. The summed E-state index contributed by atoms with van der Waals surface area (Å²) < 4.78 is 39.3. The van der Waals surface area contributed by atoms with Crippen LogP contribution in [-0.2, 0) is 10.0 Å². The number of benzene rings is 2. The molecule has 2 N–H and O–H groups in total. The van der Waals surface area contributed by atoms with Gasteiger partial charge in [0.1, 0.15) is 16.4 Å². The summed E-state index contributed by atoms with van der Waals surface area (Å²) in [6, 6.07) is 12.5. The van der Waals surface area contributed by atoms with Crippen LogP contribution < -0.4 is 24.4 Å². The number of amides is 1. The van der Waals surface area contributed by atoms with Crippen molar-refractivity contribution in [2.24, 2.45) is 0 Å². The van der Waals surface area contributed by atoms with Gasteiger partial charge in [0.15, 0.2) is 0 Å². The van der Waals surface area contributed by atoms with E-state index in [1.165, 1.54) is 13.2 Å². The Morgan fingerprint density at radius 3 is 2.21 bits per heavy atom. The normalized spacial score (nSPS) is 17.5. The average molecular weight is 488 g/mol. The maximum atomic E-state index is 13.0. The predicted octanol–water partition coefficient (Wildman–Crippen LogP) is 3.32. The zero-order valence-corrected chi connectivity index (χ0v) is 20.6. The fourth-order valence-corrected chi connectivity index (χ4v) is 6.20. The Balaban J connectivity index is 1.39. The van der Waals surface area contributed by atoms with Gasteiger partial charge in [0.2, 0.25) is 10.0 Å². The zero-order valence-electron chi connectivity index (χ0n) is 19.7. The van der Waals surface area contributed by atoms with Crippen molar-refractivity contribution in [2.75, 3.05) is 32.2 Å². The molecule has 4 rings (SSSR count). The molecule has 1 heterocycles. The highest BCUT2D eigenvalue weighted by atomic mass is 32.2. The van der Waals surface area contributed by atoms with Gasteiger partial charge < -0.3 is 19.7 Å². The van der Waals surface area contributed by atoms with Gasteiger partial charge in [0.25, 0.3) is 5.91 Å². The van der Waals surface area contributed by atoms with Gasteiger partial charge in [0.05, 0.1) is 14.2 Å². The number of rotatable bonds is 8. The molecule has 1 amide bonds. The fourth-order valence-electron chi connectivity index (χ4n) is 4.70. The second-order valence-corrected chi connectivity index (χ2v) is 10.6. The summed E-state index contributed by atoms with van der Waals surface area (Å²) in [5.41, 5.74) is 1.44. The Hall–Kier alpha value is -2.78. The van der Waals surface area contributed by atoms with Gasteiger partial charge in [-0.1, -0.05) is 12.8 Å². The van der Waals surface area contributed by atoms with Crippen LogP contribution in [0.25, 0.3) is 0 Å². The van der Waals surface area contributed by atoms with Gasteiger partial charge in [-0.3, -0.25) is 4.79 Å². The van der Waals surface area contributed by atoms with E-state index in [1.54, 1.807) is 19.2 Å². The van der Waals surface area contributed by atoms with Crippen LogP contribution in [0.4, 0.5) is 5.69 Å². The molecule has 2 aliphatic rings. The van der Waals surface area contributed by atoms with Crippen LogP contribution >= 0.6 is 0 Å². The molecule has 0 aromatic heterocycles. The summed E-state index contributed by atoms with van der Waals surface area (Å²) >= 11 is 0. The molecule has 9 heteroatoms. The monoisotopic (exact) mass is 487 g/mol. The van der Waals surface area contributed by atoms with Gasteiger partial charge >= 0.3 is 0 Å². The maximum Gasteiger partial charge on any atom is 0.251 e. The highest BCUT2D eigenvalue weighted by molar-refractivity contribution is 7.89. The number of piperidine rings is 1. The molecule has 2 aromatic carbocycles. The number of methoxy groups -OCH3 is 2. The van der Waals surface area contributed by atoms with Crippen molar-refractivity contribution < 1.29 is 22.7 Å². The third kappa shape index (κ3) is 5.64. The molecule has 2 aromatic rings. The smallest absolute Gasteiger partial charge is 0.251 e. The zero-order chi connectivity index (χ0) is 24.1. The maximum absolute atomic E-state index is 13.0. The molecule has 0 bridgehead atoms. The lowest BCUT2D eigenvalue weighted by molar-refractivity contribution is 0.0931. The second-order valence-electron chi connectivity index (χ2n) is 8.90. The number of hydrogen-bond donors (Lipinski definition) is 2. The highest BCUT2D eigenvalue weighted by Gasteiger charge is 2.27. The number of sulfonamides is 1. The number of nitrogens with one attached hydrogen (secondary N) is 2. The van der Waals surface area contributed by atoms with Crippen LogP contribution in [0.15, 0.2) is 47.4 Å². The predicted molar refractivity (Wildman–Crippen MR) is 131 cm³/mol. The third-order valence-electron chi connectivity index (χ3n) is 6.66. The molecule has 0 radical (unpaired) electrons. The van der Waals surface area contributed by atoms with Crippen molar-refractivity contribution in [3.8, 4) is 11.5 Å². The molecule has 8 nitrogen and oxygen atoms in total. The molecule has 1 saturated carbocycles. The van der Waals surface area contributed by atoms with Crippen molar-refractivity contribution in [3.63, 3.8) is 0 Å². The first-order chi connectivity index (χ1) is 16.4. The number of anilines is 1. The molecular weight excluding hydrogens is 454 g/mol. The van der Waals surface area contributed by atoms with Gasteiger partial charge in [-0.05, 0) is 68.1 Å². The Bertz CT molecular complexity index is 1090. The second kappa shape index (κ2) is 10.7. The van der Waals surface area contributed by atoms with Crippen molar-refractivity contribution in [1.29, 1.82) is 0 Å². The molecule has 0 spiro atoms. The molecular formula is C25H33N3O5S. The van der Waals surface area contributed by atoms with Gasteiger partial charge in [-0.2, -0.15) is 0 Å². The third-order valence-corrected chi connectivity index (χ3v) is 8.20. The summed E-state index contributed by atoms with van der Waals surface area (Å²) in [5.74, 6) is 0.780. The van der Waals surface area contributed by atoms with Gasteiger partial charge in [-0.25, -0.2) is 13.1 Å².